The van der Waals surface area contributed by atoms with Crippen LogP contribution >= 0.6 is 11.8 Å². The molecule has 1 rings (SSSR count). The second kappa shape index (κ2) is 4.83. The third-order valence-corrected chi connectivity index (χ3v) is 2.28. The summed E-state index contributed by atoms with van der Waals surface area (Å²) < 4.78 is 10.2. The molecule has 0 saturated heterocycles. The molecule has 0 aliphatic heterocycles. The third kappa shape index (κ3) is 2.30. The Morgan fingerprint density at radius 1 is 1.40 bits per heavy atom. The number of aromatic nitrogens is 2. The van der Waals surface area contributed by atoms with Crippen LogP contribution in [0.1, 0.15) is 10.5 Å². The summed E-state index contributed by atoms with van der Waals surface area (Å²) in [6, 6.07) is 0. The molecule has 1 heterocycles. The molecule has 0 amide bonds. The number of imidazole rings is 1. The lowest BCUT2D eigenvalue weighted by Gasteiger charge is -2.00. The topological polar surface area (TPSA) is 70.4 Å². The minimum atomic E-state index is -0.595. The van der Waals surface area contributed by atoms with E-state index in [0.29, 0.717) is 5.16 Å². The van der Waals surface area contributed by atoms with Crippen molar-refractivity contribution in [3.8, 4) is 0 Å². The smallest absolute Gasteiger partial charge is 0.419 e. The molecular formula is C8H10N2O4S. The lowest BCUT2D eigenvalue weighted by molar-refractivity contribution is 0.0594. The van der Waals surface area contributed by atoms with Crippen LogP contribution in [0.4, 0.5) is 4.79 Å². The monoisotopic (exact) mass is 230 g/mol. The molecule has 1 aromatic rings. The molecule has 1 aromatic heterocycles. The maximum Gasteiger partial charge on any atom is 0.419 e. The first-order valence-corrected chi connectivity index (χ1v) is 5.16. The maximum absolute atomic E-state index is 11.3. The van der Waals surface area contributed by atoms with E-state index < -0.39 is 12.1 Å². The minimum Gasteiger partial charge on any atom is -0.464 e. The number of esters is 1. The van der Waals surface area contributed by atoms with Gasteiger partial charge in [-0.15, -0.1) is 0 Å². The number of hydrogen-bond acceptors (Lipinski definition) is 6. The van der Waals surface area contributed by atoms with Gasteiger partial charge in [-0.1, -0.05) is 11.8 Å². The molecule has 0 unspecified atom stereocenters. The highest BCUT2D eigenvalue weighted by atomic mass is 32.2. The molecule has 82 valence electrons. The molecule has 0 aliphatic rings. The van der Waals surface area contributed by atoms with Gasteiger partial charge in [-0.25, -0.2) is 19.1 Å². The van der Waals surface area contributed by atoms with Gasteiger partial charge in [0.15, 0.2) is 10.9 Å². The molecule has 0 radical (unpaired) electrons. The lowest BCUT2D eigenvalue weighted by atomic mass is 10.5. The number of hydrogen-bond donors (Lipinski definition) is 0. The molecular weight excluding hydrogens is 220 g/mol. The first-order chi connectivity index (χ1) is 7.13. The fourth-order valence-corrected chi connectivity index (χ4v) is 1.45. The highest BCUT2D eigenvalue weighted by Gasteiger charge is 2.18. The summed E-state index contributed by atoms with van der Waals surface area (Å²) in [7, 11) is 2.50. The number of rotatable bonds is 2. The summed E-state index contributed by atoms with van der Waals surface area (Å²) in [4.78, 5) is 26.3. The van der Waals surface area contributed by atoms with E-state index in [-0.39, 0.29) is 5.69 Å². The molecule has 0 spiro atoms. The van der Waals surface area contributed by atoms with E-state index in [1.807, 2.05) is 0 Å². The van der Waals surface area contributed by atoms with Gasteiger partial charge in [-0.2, -0.15) is 0 Å². The van der Waals surface area contributed by atoms with Crippen LogP contribution in [-0.4, -0.2) is 42.1 Å². The van der Waals surface area contributed by atoms with E-state index in [1.54, 1.807) is 6.26 Å². The molecule has 0 bridgehead atoms. The Labute approximate surface area is 90.6 Å². The van der Waals surface area contributed by atoms with Crippen LogP contribution < -0.4 is 0 Å². The fraction of sp³-hybridized carbons (Fsp3) is 0.375. The van der Waals surface area contributed by atoms with Crippen molar-refractivity contribution in [2.75, 3.05) is 20.5 Å². The molecule has 0 saturated carbocycles. The summed E-state index contributed by atoms with van der Waals surface area (Å²) in [6.45, 7) is 0. The van der Waals surface area contributed by atoms with Gasteiger partial charge < -0.3 is 9.47 Å². The number of carbonyl (C=O) groups excluding carboxylic acids is 2. The molecule has 0 N–H and O–H groups in total. The summed E-state index contributed by atoms with van der Waals surface area (Å²) in [5, 5.41) is 0.377. The summed E-state index contributed by atoms with van der Waals surface area (Å²) >= 11 is 1.23. The van der Waals surface area contributed by atoms with E-state index >= 15 is 0 Å². The van der Waals surface area contributed by atoms with Crippen LogP contribution in [0.15, 0.2) is 11.4 Å². The van der Waals surface area contributed by atoms with Gasteiger partial charge in [-0.05, 0) is 6.26 Å². The average Bonchev–Trinajstić information content (AvgIpc) is 2.70. The van der Waals surface area contributed by atoms with Crippen LogP contribution in [0.3, 0.4) is 0 Å². The van der Waals surface area contributed by atoms with Crippen molar-refractivity contribution in [2.24, 2.45) is 0 Å². The zero-order valence-electron chi connectivity index (χ0n) is 8.51. The molecule has 15 heavy (non-hydrogen) atoms. The predicted molar refractivity (Wildman–Crippen MR) is 53.2 cm³/mol. The molecule has 6 nitrogen and oxygen atoms in total. The second-order valence-electron chi connectivity index (χ2n) is 2.44. The number of methoxy groups -OCH3 is 2. The Hall–Kier alpha value is -1.50. The van der Waals surface area contributed by atoms with Gasteiger partial charge in [-0.3, -0.25) is 0 Å². The quantitative estimate of drug-likeness (QED) is 0.557. The summed E-state index contributed by atoms with van der Waals surface area (Å²) in [6.07, 6.45) is 2.42. The summed E-state index contributed by atoms with van der Waals surface area (Å²) in [5.41, 5.74) is 0.0762. The Bertz CT molecular complexity index is 388. The van der Waals surface area contributed by atoms with Crippen molar-refractivity contribution >= 4 is 23.8 Å². The first-order valence-electron chi connectivity index (χ1n) is 3.94. The molecule has 7 heteroatoms. The van der Waals surface area contributed by atoms with Crippen molar-refractivity contribution < 1.29 is 19.1 Å². The molecule has 0 aromatic carbocycles. The van der Waals surface area contributed by atoms with Crippen LogP contribution in [0.2, 0.25) is 0 Å². The van der Waals surface area contributed by atoms with Gasteiger partial charge in [0.25, 0.3) is 0 Å². The predicted octanol–water partition coefficient (Wildman–Crippen LogP) is 1.01. The SMILES string of the molecule is COC(=O)c1cn(C(=O)OC)c(SC)n1. The minimum absolute atomic E-state index is 0.0762. The summed E-state index contributed by atoms with van der Waals surface area (Å²) in [5.74, 6) is -0.590. The van der Waals surface area contributed by atoms with Gasteiger partial charge >= 0.3 is 12.1 Å². The Kier molecular flexibility index (Phi) is 3.73. The fourth-order valence-electron chi connectivity index (χ4n) is 0.939. The van der Waals surface area contributed by atoms with E-state index in [9.17, 15) is 9.59 Å². The van der Waals surface area contributed by atoms with E-state index in [4.69, 9.17) is 0 Å². The van der Waals surface area contributed by atoms with Crippen molar-refractivity contribution in [1.82, 2.24) is 9.55 Å². The highest BCUT2D eigenvalue weighted by molar-refractivity contribution is 7.98. The van der Waals surface area contributed by atoms with Crippen LogP contribution in [0.5, 0.6) is 0 Å². The van der Waals surface area contributed by atoms with E-state index in [0.717, 1.165) is 4.57 Å². The zero-order valence-corrected chi connectivity index (χ0v) is 9.33. The van der Waals surface area contributed by atoms with Gasteiger partial charge in [0.2, 0.25) is 0 Å². The van der Waals surface area contributed by atoms with Crippen molar-refractivity contribution in [3.63, 3.8) is 0 Å². The number of nitrogens with zero attached hydrogens (tertiary/aromatic N) is 2. The van der Waals surface area contributed by atoms with Crippen molar-refractivity contribution in [2.45, 2.75) is 5.16 Å². The zero-order chi connectivity index (χ0) is 11.4. The van der Waals surface area contributed by atoms with Crippen LogP contribution in [-0.2, 0) is 9.47 Å². The Balaban J connectivity index is 3.11. The van der Waals surface area contributed by atoms with Crippen LogP contribution in [0.25, 0.3) is 0 Å². The largest absolute Gasteiger partial charge is 0.464 e. The van der Waals surface area contributed by atoms with Crippen molar-refractivity contribution in [1.29, 1.82) is 0 Å². The molecule has 0 atom stereocenters. The normalized spacial score (nSPS) is 9.80. The number of thioether (sulfide) groups is 1. The van der Waals surface area contributed by atoms with Crippen LogP contribution in [0, 0.1) is 0 Å². The lowest BCUT2D eigenvalue weighted by Crippen LogP contribution is -2.11. The molecule has 0 fully saturated rings. The number of carbonyl (C=O) groups is 2. The van der Waals surface area contributed by atoms with Crippen molar-refractivity contribution in [3.05, 3.63) is 11.9 Å². The molecule has 0 aliphatic carbocycles. The first kappa shape index (κ1) is 11.6. The van der Waals surface area contributed by atoms with Gasteiger partial charge in [0, 0.05) is 0 Å². The highest BCUT2D eigenvalue weighted by Crippen LogP contribution is 2.15. The standard InChI is InChI=1S/C8H10N2O4S/c1-13-6(11)5-4-10(8(12)14-2)7(9-5)15-3/h4H,1-3H3. The third-order valence-electron chi connectivity index (χ3n) is 1.62. The van der Waals surface area contributed by atoms with Gasteiger partial charge in [0.05, 0.1) is 20.4 Å². The Morgan fingerprint density at radius 2 is 2.07 bits per heavy atom. The Morgan fingerprint density at radius 3 is 2.53 bits per heavy atom. The maximum atomic E-state index is 11.3. The van der Waals surface area contributed by atoms with Gasteiger partial charge in [0.1, 0.15) is 0 Å². The number of ether oxygens (including phenoxy) is 2. The van der Waals surface area contributed by atoms with E-state index in [2.05, 4.69) is 14.5 Å². The van der Waals surface area contributed by atoms with E-state index in [1.165, 1.54) is 32.2 Å². The average molecular weight is 230 g/mol. The second-order valence-corrected chi connectivity index (χ2v) is 3.22.